The number of esters is 2. The van der Waals surface area contributed by atoms with Crippen LogP contribution in [-0.4, -0.2) is 52.3 Å². The fourth-order valence-electron chi connectivity index (χ4n) is 5.77. The Morgan fingerprint density at radius 3 is 1.52 bits per heavy atom. The van der Waals surface area contributed by atoms with Crippen molar-refractivity contribution in [2.45, 2.75) is 123 Å². The Bertz CT molecular complexity index is 610. The van der Waals surface area contributed by atoms with Crippen molar-refractivity contribution in [3.8, 4) is 0 Å². The molecule has 2 heterocycles. The molecule has 1 unspecified atom stereocenters. The summed E-state index contributed by atoms with van der Waals surface area (Å²) in [6.07, 6.45) is 3.30. The number of hydrogen-bond donors (Lipinski definition) is 2. The van der Waals surface area contributed by atoms with Crippen molar-refractivity contribution in [3.05, 3.63) is 0 Å². The molecule has 7 heteroatoms. The van der Waals surface area contributed by atoms with E-state index in [0.29, 0.717) is 6.42 Å². The number of hydrogen-bond acceptors (Lipinski definition) is 6. The Morgan fingerprint density at radius 1 is 0.774 bits per heavy atom. The van der Waals surface area contributed by atoms with E-state index in [-0.39, 0.29) is 64.1 Å². The summed E-state index contributed by atoms with van der Waals surface area (Å²) in [4.78, 5) is 25.3. The van der Waals surface area contributed by atoms with Gasteiger partial charge in [-0.2, -0.15) is 0 Å². The Labute approximate surface area is 188 Å². The quantitative estimate of drug-likeness (QED) is 0.612. The zero-order valence-corrected chi connectivity index (χ0v) is 21.1. The Hall–Kier alpha value is -1.18. The van der Waals surface area contributed by atoms with Gasteiger partial charge in [0.1, 0.15) is 6.10 Å². The summed E-state index contributed by atoms with van der Waals surface area (Å²) in [6.45, 7) is 19.2. The predicted octanol–water partition coefficient (Wildman–Crippen LogP) is 3.14. The Balaban J connectivity index is 0.00000480. The highest BCUT2D eigenvalue weighted by Crippen LogP contribution is 2.35. The summed E-state index contributed by atoms with van der Waals surface area (Å²) in [7, 11) is 0. The van der Waals surface area contributed by atoms with Crippen molar-refractivity contribution in [1.29, 1.82) is 0 Å². The van der Waals surface area contributed by atoms with Gasteiger partial charge in [0.2, 0.25) is 0 Å². The molecule has 0 aliphatic carbocycles. The van der Waals surface area contributed by atoms with E-state index in [0.717, 1.165) is 25.7 Å². The van der Waals surface area contributed by atoms with Gasteiger partial charge < -0.3 is 25.6 Å². The van der Waals surface area contributed by atoms with Crippen molar-refractivity contribution in [2.75, 3.05) is 6.61 Å². The molecule has 0 aromatic rings. The van der Waals surface area contributed by atoms with Gasteiger partial charge in [0.25, 0.3) is 0 Å². The lowest BCUT2D eigenvalue weighted by Gasteiger charge is -2.45. The standard InChI is InChI=1S/C24H44N2O4.H2O/c1-16(30-20(28)18-14-23(6,7)26-24(8,9)15-18)10-11-29-19(27)17-12-21(2,3)25-22(4,5)13-17;/h16-18,25-26H,10-15H2,1-9H3;1H2. The van der Waals surface area contributed by atoms with Crippen LogP contribution in [0.1, 0.15) is 94.4 Å². The SMILES string of the molecule is CC(CCOC(=O)C1CC(C)(C)NC(C)(C)C1)OC(=O)C1CC(C)(C)NC(C)(C)C1.O. The molecule has 2 aliphatic heterocycles. The van der Waals surface area contributed by atoms with Crippen molar-refractivity contribution >= 4 is 11.9 Å². The molecule has 0 aromatic heterocycles. The highest BCUT2D eigenvalue weighted by atomic mass is 16.6. The summed E-state index contributed by atoms with van der Waals surface area (Å²) in [5.74, 6) is -0.495. The lowest BCUT2D eigenvalue weighted by Crippen LogP contribution is -2.59. The molecule has 0 spiro atoms. The van der Waals surface area contributed by atoms with Crippen molar-refractivity contribution in [3.63, 3.8) is 0 Å². The minimum absolute atomic E-state index is 0. The minimum Gasteiger partial charge on any atom is -0.465 e. The van der Waals surface area contributed by atoms with Gasteiger partial charge in [-0.3, -0.25) is 9.59 Å². The largest absolute Gasteiger partial charge is 0.465 e. The third kappa shape index (κ3) is 8.70. The maximum atomic E-state index is 12.7. The van der Waals surface area contributed by atoms with Crippen LogP contribution in [-0.2, 0) is 19.1 Å². The molecule has 0 amide bonds. The third-order valence-electron chi connectivity index (χ3n) is 6.13. The van der Waals surface area contributed by atoms with Crippen LogP contribution in [0, 0.1) is 11.8 Å². The topological polar surface area (TPSA) is 108 Å². The smallest absolute Gasteiger partial charge is 0.309 e. The van der Waals surface area contributed by atoms with E-state index in [4.69, 9.17) is 9.47 Å². The second-order valence-corrected chi connectivity index (χ2v) is 12.2. The van der Waals surface area contributed by atoms with Crippen LogP contribution in [0.3, 0.4) is 0 Å². The van der Waals surface area contributed by atoms with Gasteiger partial charge in [0.15, 0.2) is 0 Å². The molecule has 31 heavy (non-hydrogen) atoms. The highest BCUT2D eigenvalue weighted by Gasteiger charge is 2.42. The second kappa shape index (κ2) is 9.75. The number of carbonyl (C=O) groups excluding carboxylic acids is 2. The molecular weight excluding hydrogens is 396 g/mol. The van der Waals surface area contributed by atoms with Crippen LogP contribution in [0.25, 0.3) is 0 Å². The maximum Gasteiger partial charge on any atom is 0.309 e. The molecule has 182 valence electrons. The molecule has 2 fully saturated rings. The summed E-state index contributed by atoms with van der Waals surface area (Å²) in [5, 5.41) is 7.18. The molecule has 1 atom stereocenters. The normalized spacial score (nSPS) is 25.7. The molecular formula is C24H46N2O5. The third-order valence-corrected chi connectivity index (χ3v) is 6.13. The number of piperidine rings is 2. The predicted molar refractivity (Wildman–Crippen MR) is 123 cm³/mol. The first-order valence-corrected chi connectivity index (χ1v) is 11.5. The number of ether oxygens (including phenoxy) is 2. The summed E-state index contributed by atoms with van der Waals surface area (Å²) >= 11 is 0. The average molecular weight is 443 g/mol. The fraction of sp³-hybridized carbons (Fsp3) is 0.917. The molecule has 2 aliphatic rings. The molecule has 0 radical (unpaired) electrons. The zero-order valence-electron chi connectivity index (χ0n) is 21.1. The molecule has 0 bridgehead atoms. The maximum absolute atomic E-state index is 12.7. The molecule has 2 rings (SSSR count). The van der Waals surface area contributed by atoms with E-state index < -0.39 is 0 Å². The van der Waals surface area contributed by atoms with E-state index in [1.807, 2.05) is 6.92 Å². The van der Waals surface area contributed by atoms with Crippen molar-refractivity contribution in [1.82, 2.24) is 10.6 Å². The Morgan fingerprint density at radius 2 is 1.13 bits per heavy atom. The van der Waals surface area contributed by atoms with Gasteiger partial charge in [-0.15, -0.1) is 0 Å². The zero-order chi connectivity index (χ0) is 23.0. The first-order valence-electron chi connectivity index (χ1n) is 11.5. The van der Waals surface area contributed by atoms with E-state index in [9.17, 15) is 9.59 Å². The van der Waals surface area contributed by atoms with E-state index in [1.165, 1.54) is 0 Å². The lowest BCUT2D eigenvalue weighted by atomic mass is 9.76. The van der Waals surface area contributed by atoms with E-state index in [1.54, 1.807) is 0 Å². The van der Waals surface area contributed by atoms with Gasteiger partial charge in [-0.25, -0.2) is 0 Å². The van der Waals surface area contributed by atoms with Crippen LogP contribution in [0.2, 0.25) is 0 Å². The van der Waals surface area contributed by atoms with Crippen LogP contribution in [0.5, 0.6) is 0 Å². The van der Waals surface area contributed by atoms with Crippen LogP contribution in [0.15, 0.2) is 0 Å². The molecule has 2 saturated heterocycles. The number of nitrogens with one attached hydrogen (secondary N) is 2. The van der Waals surface area contributed by atoms with Gasteiger partial charge in [-0.05, 0) is 88.0 Å². The summed E-state index contributed by atoms with van der Waals surface area (Å²) < 4.78 is 11.3. The van der Waals surface area contributed by atoms with Crippen LogP contribution in [0.4, 0.5) is 0 Å². The van der Waals surface area contributed by atoms with Gasteiger partial charge >= 0.3 is 11.9 Å². The first kappa shape index (κ1) is 27.9. The fourth-order valence-corrected chi connectivity index (χ4v) is 5.77. The molecule has 7 nitrogen and oxygen atoms in total. The number of rotatable bonds is 6. The summed E-state index contributed by atoms with van der Waals surface area (Å²) in [6, 6.07) is 0. The van der Waals surface area contributed by atoms with Gasteiger partial charge in [-0.1, -0.05) is 0 Å². The Kier molecular flexibility index (Phi) is 8.76. The monoisotopic (exact) mass is 442 g/mol. The highest BCUT2D eigenvalue weighted by molar-refractivity contribution is 5.73. The molecule has 0 saturated carbocycles. The lowest BCUT2D eigenvalue weighted by molar-refractivity contribution is -0.159. The van der Waals surface area contributed by atoms with Crippen LogP contribution < -0.4 is 10.6 Å². The second-order valence-electron chi connectivity index (χ2n) is 12.2. The van der Waals surface area contributed by atoms with E-state index in [2.05, 4.69) is 66.0 Å². The van der Waals surface area contributed by atoms with E-state index >= 15 is 0 Å². The summed E-state index contributed by atoms with van der Waals surface area (Å²) in [5.41, 5.74) is -0.378. The minimum atomic E-state index is -0.271. The first-order chi connectivity index (χ1) is 13.5. The van der Waals surface area contributed by atoms with Crippen molar-refractivity contribution in [2.24, 2.45) is 11.8 Å². The van der Waals surface area contributed by atoms with Crippen molar-refractivity contribution < 1.29 is 24.5 Å². The molecule has 0 aromatic carbocycles. The molecule has 4 N–H and O–H groups in total. The van der Waals surface area contributed by atoms with Crippen LogP contribution >= 0.6 is 0 Å². The average Bonchev–Trinajstić information content (AvgIpc) is 2.48. The number of carbonyl (C=O) groups is 2. The van der Waals surface area contributed by atoms with Gasteiger partial charge in [0, 0.05) is 28.6 Å². The van der Waals surface area contributed by atoms with Gasteiger partial charge in [0.05, 0.1) is 18.4 Å².